The first-order chi connectivity index (χ1) is 6.66. The first-order valence-corrected chi connectivity index (χ1v) is 3.99. The van der Waals surface area contributed by atoms with Crippen LogP contribution in [0.4, 0.5) is 0 Å². The fourth-order valence-corrected chi connectivity index (χ4v) is 0.995. The summed E-state index contributed by atoms with van der Waals surface area (Å²) >= 11 is 0. The number of carboxylic acids is 1. The fourth-order valence-electron chi connectivity index (χ4n) is 0.995. The van der Waals surface area contributed by atoms with Gasteiger partial charge >= 0.3 is 5.97 Å². The molecule has 0 unspecified atom stereocenters. The van der Waals surface area contributed by atoms with Crippen LogP contribution >= 0.6 is 0 Å². The highest BCUT2D eigenvalue weighted by atomic mass is 16.5. The Bertz CT molecular complexity index is 383. The Labute approximate surface area is 80.6 Å². The molecule has 1 radical (unpaired) electrons. The summed E-state index contributed by atoms with van der Waals surface area (Å²) in [7, 11) is 1.51. The van der Waals surface area contributed by atoms with Gasteiger partial charge in [0.1, 0.15) is 5.56 Å². The molecule has 0 amide bonds. The lowest BCUT2D eigenvalue weighted by atomic mass is 10.3. The Morgan fingerprint density at radius 3 is 3.00 bits per heavy atom. The van der Waals surface area contributed by atoms with E-state index in [4.69, 9.17) is 9.84 Å². The van der Waals surface area contributed by atoms with Crippen LogP contribution in [0, 0.1) is 6.07 Å². The second kappa shape index (κ2) is 4.57. The van der Waals surface area contributed by atoms with Gasteiger partial charge in [0.15, 0.2) is 0 Å². The van der Waals surface area contributed by atoms with Gasteiger partial charge in [-0.2, -0.15) is 0 Å². The molecule has 1 N–H and O–H groups in total. The van der Waals surface area contributed by atoms with Crippen molar-refractivity contribution in [1.82, 2.24) is 4.57 Å². The van der Waals surface area contributed by atoms with Gasteiger partial charge in [0.25, 0.3) is 5.56 Å². The lowest BCUT2D eigenvalue weighted by molar-refractivity contribution is 0.0693. The van der Waals surface area contributed by atoms with Crippen molar-refractivity contribution < 1.29 is 14.6 Å². The van der Waals surface area contributed by atoms with E-state index in [1.807, 2.05) is 0 Å². The highest BCUT2D eigenvalue weighted by molar-refractivity contribution is 5.86. The number of carboxylic acid groups (broad SMARTS) is 1. The van der Waals surface area contributed by atoms with Gasteiger partial charge in [-0.3, -0.25) is 4.79 Å². The molecule has 0 saturated carbocycles. The second-order valence-corrected chi connectivity index (χ2v) is 2.65. The molecule has 5 nitrogen and oxygen atoms in total. The summed E-state index contributed by atoms with van der Waals surface area (Å²) in [5.41, 5.74) is -0.808. The average molecular weight is 196 g/mol. The molecule has 0 atom stereocenters. The number of methoxy groups -OCH3 is 1. The smallest absolute Gasteiger partial charge is 0.341 e. The molecule has 0 fully saturated rings. The first kappa shape index (κ1) is 10.5. The number of carbonyl (C=O) groups is 1. The minimum Gasteiger partial charge on any atom is -0.477 e. The second-order valence-electron chi connectivity index (χ2n) is 2.65. The number of aromatic carboxylic acids is 1. The van der Waals surface area contributed by atoms with Crippen LogP contribution in [0.2, 0.25) is 0 Å². The topological polar surface area (TPSA) is 68.5 Å². The van der Waals surface area contributed by atoms with Crippen molar-refractivity contribution in [3.05, 3.63) is 34.2 Å². The van der Waals surface area contributed by atoms with Gasteiger partial charge in [-0.25, -0.2) is 4.79 Å². The van der Waals surface area contributed by atoms with Crippen LogP contribution in [0.25, 0.3) is 0 Å². The highest BCUT2D eigenvalue weighted by Crippen LogP contribution is 1.91. The minimum atomic E-state index is -1.24. The molecule has 0 saturated heterocycles. The Balaban J connectivity index is 3.02. The lowest BCUT2D eigenvalue weighted by Crippen LogP contribution is -2.26. The van der Waals surface area contributed by atoms with E-state index < -0.39 is 11.5 Å². The molecular formula is C9H10NO4. The summed E-state index contributed by atoms with van der Waals surface area (Å²) < 4.78 is 6.04. The number of nitrogens with zero attached hydrogens (tertiary/aromatic N) is 1. The molecule has 1 aromatic rings. The van der Waals surface area contributed by atoms with Gasteiger partial charge in [0.05, 0.1) is 6.61 Å². The van der Waals surface area contributed by atoms with Gasteiger partial charge in [0, 0.05) is 25.9 Å². The van der Waals surface area contributed by atoms with Crippen molar-refractivity contribution in [1.29, 1.82) is 0 Å². The molecule has 1 heterocycles. The number of ether oxygens (including phenoxy) is 1. The molecule has 75 valence electrons. The van der Waals surface area contributed by atoms with Crippen molar-refractivity contribution in [2.24, 2.45) is 0 Å². The van der Waals surface area contributed by atoms with E-state index in [9.17, 15) is 9.59 Å². The number of hydrogen-bond acceptors (Lipinski definition) is 3. The third-order valence-electron chi connectivity index (χ3n) is 1.72. The SMILES string of the molecule is COCCn1c[c]cc(C(=O)O)c1=O. The Hall–Kier alpha value is -1.62. The van der Waals surface area contributed by atoms with E-state index in [0.717, 1.165) is 6.07 Å². The van der Waals surface area contributed by atoms with Crippen LogP contribution in [0.3, 0.4) is 0 Å². The molecule has 0 aliphatic heterocycles. The van der Waals surface area contributed by atoms with Gasteiger partial charge in [-0.1, -0.05) is 0 Å². The number of pyridine rings is 1. The molecule has 0 aliphatic carbocycles. The lowest BCUT2D eigenvalue weighted by Gasteiger charge is -2.04. The average Bonchev–Trinajstić information content (AvgIpc) is 2.16. The molecule has 5 heteroatoms. The third kappa shape index (κ3) is 2.20. The van der Waals surface area contributed by atoms with Crippen molar-refractivity contribution in [2.45, 2.75) is 6.54 Å². The quantitative estimate of drug-likeness (QED) is 0.735. The minimum absolute atomic E-state index is 0.274. The van der Waals surface area contributed by atoms with Crippen LogP contribution < -0.4 is 5.56 Å². The zero-order valence-corrected chi connectivity index (χ0v) is 7.69. The Morgan fingerprint density at radius 2 is 2.43 bits per heavy atom. The van der Waals surface area contributed by atoms with E-state index in [-0.39, 0.29) is 5.56 Å². The number of rotatable bonds is 4. The zero-order chi connectivity index (χ0) is 10.6. The highest BCUT2D eigenvalue weighted by Gasteiger charge is 2.09. The van der Waals surface area contributed by atoms with Gasteiger partial charge in [-0.05, 0) is 6.07 Å². The summed E-state index contributed by atoms with van der Waals surface area (Å²) in [5, 5.41) is 8.65. The molecule has 14 heavy (non-hydrogen) atoms. The van der Waals surface area contributed by atoms with Gasteiger partial charge in [-0.15, -0.1) is 0 Å². The third-order valence-corrected chi connectivity index (χ3v) is 1.72. The largest absolute Gasteiger partial charge is 0.477 e. The monoisotopic (exact) mass is 196 g/mol. The zero-order valence-electron chi connectivity index (χ0n) is 7.69. The summed E-state index contributed by atoms with van der Waals surface area (Å²) in [4.78, 5) is 22.0. The van der Waals surface area contributed by atoms with Crippen molar-refractivity contribution >= 4 is 5.97 Å². The maximum Gasteiger partial charge on any atom is 0.341 e. The Kier molecular flexibility index (Phi) is 3.41. The maximum absolute atomic E-state index is 11.4. The molecule has 0 aromatic carbocycles. The van der Waals surface area contributed by atoms with Crippen LogP contribution in [-0.4, -0.2) is 29.4 Å². The fraction of sp³-hybridized carbons (Fsp3) is 0.333. The standard InChI is InChI=1S/C9H10NO4/c1-14-6-5-10-4-2-3-7(8(10)11)9(12)13/h3-4H,5-6H2,1H3,(H,12,13). The number of aromatic nitrogens is 1. The van der Waals surface area contributed by atoms with Crippen molar-refractivity contribution in [3.8, 4) is 0 Å². The van der Waals surface area contributed by atoms with Crippen molar-refractivity contribution in [2.75, 3.05) is 13.7 Å². The molecular weight excluding hydrogens is 186 g/mol. The molecule has 0 bridgehead atoms. The van der Waals surface area contributed by atoms with Crippen LogP contribution in [0.5, 0.6) is 0 Å². The van der Waals surface area contributed by atoms with Gasteiger partial charge in [0.2, 0.25) is 0 Å². The molecule has 0 spiro atoms. The van der Waals surface area contributed by atoms with Crippen LogP contribution in [0.15, 0.2) is 17.1 Å². The van der Waals surface area contributed by atoms with E-state index in [1.54, 1.807) is 0 Å². The number of hydrogen-bond donors (Lipinski definition) is 1. The summed E-state index contributed by atoms with van der Waals surface area (Å²) in [6.07, 6.45) is 1.41. The van der Waals surface area contributed by atoms with E-state index in [0.29, 0.717) is 13.2 Å². The van der Waals surface area contributed by atoms with Gasteiger partial charge < -0.3 is 14.4 Å². The normalized spacial score (nSPS) is 10.1. The van der Waals surface area contributed by atoms with E-state index >= 15 is 0 Å². The Morgan fingerprint density at radius 1 is 1.71 bits per heavy atom. The summed E-state index contributed by atoms with van der Waals surface area (Å²) in [6.45, 7) is 0.684. The molecule has 1 aromatic heterocycles. The van der Waals surface area contributed by atoms with E-state index in [2.05, 4.69) is 6.07 Å². The first-order valence-electron chi connectivity index (χ1n) is 3.99. The van der Waals surface area contributed by atoms with Crippen LogP contribution in [0.1, 0.15) is 10.4 Å². The summed E-state index contributed by atoms with van der Waals surface area (Å²) in [5.74, 6) is -1.24. The maximum atomic E-state index is 11.4. The van der Waals surface area contributed by atoms with Crippen molar-refractivity contribution in [3.63, 3.8) is 0 Å². The van der Waals surface area contributed by atoms with E-state index in [1.165, 1.54) is 17.9 Å². The summed E-state index contributed by atoms with van der Waals surface area (Å²) in [6, 6.07) is 3.75. The molecule has 1 rings (SSSR count). The molecule has 0 aliphatic rings. The predicted octanol–water partition coefficient (Wildman–Crippen LogP) is -0.00691. The van der Waals surface area contributed by atoms with Crippen LogP contribution in [-0.2, 0) is 11.3 Å². The predicted molar refractivity (Wildman–Crippen MR) is 48.4 cm³/mol.